The van der Waals surface area contributed by atoms with Crippen molar-refractivity contribution in [2.24, 2.45) is 0 Å². The number of anilines is 1. The molecule has 0 spiro atoms. The Morgan fingerprint density at radius 3 is 2.44 bits per heavy atom. The fourth-order valence-corrected chi connectivity index (χ4v) is 2.51. The highest BCUT2D eigenvalue weighted by Crippen LogP contribution is 2.10. The van der Waals surface area contributed by atoms with E-state index in [-0.39, 0.29) is 5.91 Å². The van der Waals surface area contributed by atoms with Crippen molar-refractivity contribution < 1.29 is 14.3 Å². The van der Waals surface area contributed by atoms with Crippen molar-refractivity contribution in [3.63, 3.8) is 0 Å². The fraction of sp³-hybridized carbons (Fsp3) is 0.200. The average Bonchev–Trinajstić information content (AvgIpc) is 3.15. The maximum atomic E-state index is 12.3. The summed E-state index contributed by atoms with van der Waals surface area (Å²) in [5.74, 6) is -0.216. The minimum absolute atomic E-state index is 0.287. The van der Waals surface area contributed by atoms with Crippen LogP contribution in [0.1, 0.15) is 33.2 Å². The van der Waals surface area contributed by atoms with Crippen LogP contribution in [0.15, 0.2) is 61.1 Å². The number of carbonyl (C=O) groups excluding carboxylic acids is 2. The number of amides is 1. The van der Waals surface area contributed by atoms with Gasteiger partial charge in [0.1, 0.15) is 0 Å². The van der Waals surface area contributed by atoms with Gasteiger partial charge in [-0.2, -0.15) is 5.10 Å². The van der Waals surface area contributed by atoms with Crippen molar-refractivity contribution in [1.82, 2.24) is 14.8 Å². The van der Waals surface area contributed by atoms with Crippen LogP contribution in [-0.2, 0) is 17.7 Å². The van der Waals surface area contributed by atoms with E-state index in [4.69, 9.17) is 4.74 Å². The second-order valence-corrected chi connectivity index (χ2v) is 5.82. The summed E-state index contributed by atoms with van der Waals surface area (Å²) < 4.78 is 6.70. The minimum Gasteiger partial charge on any atom is -0.462 e. The molecule has 0 fully saturated rings. The molecule has 0 saturated heterocycles. The van der Waals surface area contributed by atoms with Gasteiger partial charge in [-0.25, -0.2) is 4.79 Å². The minimum atomic E-state index is -0.405. The van der Waals surface area contributed by atoms with Gasteiger partial charge in [0.2, 0.25) is 0 Å². The molecule has 2 heterocycles. The topological polar surface area (TPSA) is 86.1 Å². The molecule has 0 bridgehead atoms. The molecular weight excluding hydrogens is 344 g/mol. The molecule has 0 saturated carbocycles. The van der Waals surface area contributed by atoms with E-state index >= 15 is 0 Å². The second kappa shape index (κ2) is 8.75. The fourth-order valence-electron chi connectivity index (χ4n) is 2.51. The van der Waals surface area contributed by atoms with E-state index < -0.39 is 5.97 Å². The van der Waals surface area contributed by atoms with Crippen molar-refractivity contribution in [1.29, 1.82) is 0 Å². The molecule has 1 N–H and O–H groups in total. The Labute approximate surface area is 157 Å². The molecule has 0 aliphatic heterocycles. The molecule has 1 aromatic carbocycles. The highest BCUT2D eigenvalue weighted by atomic mass is 16.5. The zero-order valence-electron chi connectivity index (χ0n) is 15.0. The van der Waals surface area contributed by atoms with Crippen LogP contribution in [0.2, 0.25) is 0 Å². The van der Waals surface area contributed by atoms with Crippen LogP contribution in [0.3, 0.4) is 0 Å². The van der Waals surface area contributed by atoms with Gasteiger partial charge < -0.3 is 10.1 Å². The quantitative estimate of drug-likeness (QED) is 0.652. The van der Waals surface area contributed by atoms with Crippen LogP contribution in [0.4, 0.5) is 5.82 Å². The van der Waals surface area contributed by atoms with E-state index in [1.807, 2.05) is 18.3 Å². The number of ether oxygens (including phenoxy) is 1. The Morgan fingerprint density at radius 2 is 1.74 bits per heavy atom. The summed E-state index contributed by atoms with van der Waals surface area (Å²) >= 11 is 0. The van der Waals surface area contributed by atoms with Crippen LogP contribution in [0, 0.1) is 0 Å². The first-order chi connectivity index (χ1) is 13.2. The third-order valence-corrected chi connectivity index (χ3v) is 3.92. The van der Waals surface area contributed by atoms with Gasteiger partial charge in [-0.05, 0) is 55.3 Å². The Bertz CT molecular complexity index is 904. The third kappa shape index (κ3) is 5.01. The smallest absolute Gasteiger partial charge is 0.338 e. The maximum absolute atomic E-state index is 12.3. The van der Waals surface area contributed by atoms with Gasteiger partial charge in [0.15, 0.2) is 5.82 Å². The summed E-state index contributed by atoms with van der Waals surface area (Å²) in [7, 11) is 0. The van der Waals surface area contributed by atoms with Gasteiger partial charge in [0, 0.05) is 36.8 Å². The number of aryl methyl sites for hydroxylation is 2. The molecule has 2 aromatic heterocycles. The van der Waals surface area contributed by atoms with E-state index in [0.717, 1.165) is 6.42 Å². The van der Waals surface area contributed by atoms with E-state index in [9.17, 15) is 9.59 Å². The molecule has 0 radical (unpaired) electrons. The lowest BCUT2D eigenvalue weighted by Crippen LogP contribution is -2.13. The van der Waals surface area contributed by atoms with Crippen LogP contribution in [-0.4, -0.2) is 33.2 Å². The summed E-state index contributed by atoms with van der Waals surface area (Å²) in [6.07, 6.45) is 6.17. The van der Waals surface area contributed by atoms with Crippen molar-refractivity contribution in [2.75, 3.05) is 11.9 Å². The number of pyridine rings is 1. The molecule has 0 aliphatic rings. The van der Waals surface area contributed by atoms with Crippen LogP contribution >= 0.6 is 0 Å². The van der Waals surface area contributed by atoms with E-state index in [0.29, 0.717) is 30.1 Å². The molecule has 7 heteroatoms. The number of aromatic nitrogens is 3. The molecule has 3 aromatic rings. The third-order valence-electron chi connectivity index (χ3n) is 3.92. The highest BCUT2D eigenvalue weighted by molar-refractivity contribution is 6.04. The molecule has 1 amide bonds. The predicted molar refractivity (Wildman–Crippen MR) is 101 cm³/mol. The van der Waals surface area contributed by atoms with Crippen molar-refractivity contribution in [2.45, 2.75) is 19.9 Å². The lowest BCUT2D eigenvalue weighted by molar-refractivity contribution is 0.0526. The predicted octanol–water partition coefficient (Wildman–Crippen LogP) is 2.95. The monoisotopic (exact) mass is 364 g/mol. The number of rotatable bonds is 7. The van der Waals surface area contributed by atoms with Gasteiger partial charge in [0.05, 0.1) is 12.2 Å². The van der Waals surface area contributed by atoms with Crippen LogP contribution < -0.4 is 5.32 Å². The first-order valence-corrected chi connectivity index (χ1v) is 8.66. The number of carbonyl (C=O) groups is 2. The molecule has 138 valence electrons. The summed E-state index contributed by atoms with van der Waals surface area (Å²) in [5, 5.41) is 7.11. The SMILES string of the molecule is CCOC(=O)c1ccc(C(=O)Nc2ccn(CCc3ccncc3)n2)cc1. The van der Waals surface area contributed by atoms with Crippen molar-refractivity contribution in [3.8, 4) is 0 Å². The average molecular weight is 364 g/mol. The molecule has 3 rings (SSSR count). The standard InChI is InChI=1S/C20H20N4O3/c1-2-27-20(26)17-5-3-16(4-6-17)19(25)22-18-10-14-24(23-18)13-9-15-7-11-21-12-8-15/h3-8,10-12,14H,2,9,13H2,1H3,(H,22,23,25). The number of benzene rings is 1. The molecule has 7 nitrogen and oxygen atoms in total. The molecule has 27 heavy (non-hydrogen) atoms. The lowest BCUT2D eigenvalue weighted by Gasteiger charge is -2.05. The number of hydrogen-bond donors (Lipinski definition) is 1. The highest BCUT2D eigenvalue weighted by Gasteiger charge is 2.11. The molecular formula is C20H20N4O3. The van der Waals surface area contributed by atoms with Crippen LogP contribution in [0.5, 0.6) is 0 Å². The first-order valence-electron chi connectivity index (χ1n) is 8.66. The summed E-state index contributed by atoms with van der Waals surface area (Å²) in [6, 6.07) is 12.0. The molecule has 0 atom stereocenters. The zero-order valence-corrected chi connectivity index (χ0v) is 15.0. The summed E-state index contributed by atoms with van der Waals surface area (Å²) in [5.41, 5.74) is 2.02. The Morgan fingerprint density at radius 1 is 1.04 bits per heavy atom. The van der Waals surface area contributed by atoms with Gasteiger partial charge in [-0.1, -0.05) is 0 Å². The number of esters is 1. The maximum Gasteiger partial charge on any atom is 0.338 e. The number of nitrogens with zero attached hydrogens (tertiary/aromatic N) is 3. The normalized spacial score (nSPS) is 10.4. The Balaban J connectivity index is 1.56. The second-order valence-electron chi connectivity index (χ2n) is 5.82. The largest absolute Gasteiger partial charge is 0.462 e. The van der Waals surface area contributed by atoms with Gasteiger partial charge in [-0.15, -0.1) is 0 Å². The number of nitrogens with one attached hydrogen (secondary N) is 1. The van der Waals surface area contributed by atoms with E-state index in [1.165, 1.54) is 5.56 Å². The van der Waals surface area contributed by atoms with Gasteiger partial charge >= 0.3 is 5.97 Å². The summed E-state index contributed by atoms with van der Waals surface area (Å²) in [6.45, 7) is 2.76. The summed E-state index contributed by atoms with van der Waals surface area (Å²) in [4.78, 5) is 28.0. The Kier molecular flexibility index (Phi) is 5.94. The zero-order chi connectivity index (χ0) is 19.1. The van der Waals surface area contributed by atoms with Crippen molar-refractivity contribution in [3.05, 3.63) is 77.7 Å². The number of hydrogen-bond acceptors (Lipinski definition) is 5. The van der Waals surface area contributed by atoms with Gasteiger partial charge in [-0.3, -0.25) is 14.5 Å². The Hall–Kier alpha value is -3.48. The first kappa shape index (κ1) is 18.3. The van der Waals surface area contributed by atoms with E-state index in [2.05, 4.69) is 15.4 Å². The molecule has 0 aliphatic carbocycles. The van der Waals surface area contributed by atoms with Crippen molar-refractivity contribution >= 4 is 17.7 Å². The van der Waals surface area contributed by atoms with Gasteiger partial charge in [0.25, 0.3) is 5.91 Å². The molecule has 0 unspecified atom stereocenters. The van der Waals surface area contributed by atoms with E-state index in [1.54, 1.807) is 54.3 Å². The lowest BCUT2D eigenvalue weighted by atomic mass is 10.1. The van der Waals surface area contributed by atoms with Crippen LogP contribution in [0.25, 0.3) is 0 Å².